The summed E-state index contributed by atoms with van der Waals surface area (Å²) in [6.07, 6.45) is 3.70. The molecule has 1 aromatic rings. The van der Waals surface area contributed by atoms with Crippen molar-refractivity contribution in [2.75, 3.05) is 25.5 Å². The van der Waals surface area contributed by atoms with Gasteiger partial charge in [0.25, 0.3) is 0 Å². The van der Waals surface area contributed by atoms with Crippen molar-refractivity contribution in [1.82, 2.24) is 4.90 Å². The predicted molar refractivity (Wildman–Crippen MR) is 103 cm³/mol. The number of piperidine rings is 1. The Morgan fingerprint density at radius 2 is 2.00 bits per heavy atom. The van der Waals surface area contributed by atoms with Crippen molar-refractivity contribution < 1.29 is 4.90 Å². The highest BCUT2D eigenvalue weighted by Crippen LogP contribution is 2.18. The molecule has 4 heteroatoms. The Hall–Kier alpha value is -1.13. The molecule has 23 heavy (non-hydrogen) atoms. The Labute approximate surface area is 147 Å². The fourth-order valence-electron chi connectivity index (χ4n) is 3.33. The van der Waals surface area contributed by atoms with Crippen molar-refractivity contribution in [3.8, 4) is 0 Å². The van der Waals surface area contributed by atoms with Crippen LogP contribution in [0.4, 0.5) is 5.69 Å². The zero-order chi connectivity index (χ0) is 17.0. The van der Waals surface area contributed by atoms with E-state index in [0.717, 1.165) is 36.0 Å². The molecule has 0 saturated carbocycles. The van der Waals surface area contributed by atoms with Crippen molar-refractivity contribution in [2.24, 2.45) is 0 Å². The van der Waals surface area contributed by atoms with Crippen LogP contribution in [-0.2, 0) is 0 Å². The number of thiocarbonyl (C=S) groups is 1. The molecule has 2 unspecified atom stereocenters. The lowest BCUT2D eigenvalue weighted by Gasteiger charge is -2.38. The number of nitrogens with zero attached hydrogens (tertiary/aromatic N) is 1. The van der Waals surface area contributed by atoms with E-state index in [1.165, 1.54) is 30.4 Å². The van der Waals surface area contributed by atoms with Crippen LogP contribution in [0.5, 0.6) is 0 Å². The standard InChI is InChI=1S/C19H31N3S/c1-6-16(4)21(5)17-9-11-22(12-10-17)19(23)20-18-13-14(2)7-8-15(18)3/h7-8,13,16-17H,6,9-12H2,1-5H3,(H,20,23)/p+1. The van der Waals surface area contributed by atoms with Crippen molar-refractivity contribution in [1.29, 1.82) is 0 Å². The summed E-state index contributed by atoms with van der Waals surface area (Å²) in [7, 11) is 2.35. The number of nitrogens with one attached hydrogen (secondary N) is 2. The van der Waals surface area contributed by atoms with Crippen LogP contribution < -0.4 is 10.2 Å². The van der Waals surface area contributed by atoms with Gasteiger partial charge in [0.15, 0.2) is 5.11 Å². The molecule has 0 radical (unpaired) electrons. The molecule has 1 saturated heterocycles. The topological polar surface area (TPSA) is 19.7 Å². The van der Waals surface area contributed by atoms with E-state index in [-0.39, 0.29) is 0 Å². The minimum absolute atomic E-state index is 0.742. The highest BCUT2D eigenvalue weighted by Gasteiger charge is 2.28. The van der Waals surface area contributed by atoms with Crippen molar-refractivity contribution in [3.05, 3.63) is 29.3 Å². The molecule has 0 spiro atoms. The minimum Gasteiger partial charge on any atom is -0.349 e. The summed E-state index contributed by atoms with van der Waals surface area (Å²) >= 11 is 5.65. The second kappa shape index (κ2) is 8.11. The molecule has 1 fully saturated rings. The van der Waals surface area contributed by atoms with E-state index in [4.69, 9.17) is 12.2 Å². The van der Waals surface area contributed by atoms with Crippen LogP contribution in [0.1, 0.15) is 44.2 Å². The van der Waals surface area contributed by atoms with Crippen LogP contribution in [0.15, 0.2) is 18.2 Å². The third-order valence-corrected chi connectivity index (χ3v) is 5.81. The maximum atomic E-state index is 5.65. The molecule has 1 aliphatic rings. The van der Waals surface area contributed by atoms with Gasteiger partial charge in [-0.1, -0.05) is 19.1 Å². The van der Waals surface area contributed by atoms with Gasteiger partial charge in [-0.25, -0.2) is 0 Å². The lowest BCUT2D eigenvalue weighted by atomic mass is 10.0. The minimum atomic E-state index is 0.742. The molecule has 1 aromatic carbocycles. The first kappa shape index (κ1) is 18.2. The van der Waals surface area contributed by atoms with E-state index < -0.39 is 0 Å². The smallest absolute Gasteiger partial charge is 0.173 e. The monoisotopic (exact) mass is 334 g/mol. The van der Waals surface area contributed by atoms with Crippen LogP contribution in [0, 0.1) is 13.8 Å². The van der Waals surface area contributed by atoms with Crippen LogP contribution in [0.25, 0.3) is 0 Å². The Bertz CT molecular complexity index is 535. The third-order valence-electron chi connectivity index (χ3n) is 5.45. The van der Waals surface area contributed by atoms with Gasteiger partial charge in [-0.3, -0.25) is 0 Å². The zero-order valence-corrected chi connectivity index (χ0v) is 16.1. The number of hydrogen-bond acceptors (Lipinski definition) is 1. The molecule has 0 aliphatic carbocycles. The van der Waals surface area contributed by atoms with Crippen molar-refractivity contribution in [3.63, 3.8) is 0 Å². The number of rotatable bonds is 4. The van der Waals surface area contributed by atoms with Crippen molar-refractivity contribution in [2.45, 2.75) is 59.0 Å². The van der Waals surface area contributed by atoms with Gasteiger partial charge in [0, 0.05) is 31.6 Å². The molecule has 3 nitrogen and oxygen atoms in total. The molecule has 1 aliphatic heterocycles. The molecule has 0 aromatic heterocycles. The van der Waals surface area contributed by atoms with Crippen LogP contribution >= 0.6 is 12.2 Å². The van der Waals surface area contributed by atoms with Crippen LogP contribution in [0.3, 0.4) is 0 Å². The lowest BCUT2D eigenvalue weighted by Crippen LogP contribution is -3.16. The lowest BCUT2D eigenvalue weighted by molar-refractivity contribution is -0.930. The summed E-state index contributed by atoms with van der Waals surface area (Å²) in [5, 5.41) is 4.32. The average Bonchev–Trinajstić information content (AvgIpc) is 2.56. The molecular formula is C19H32N3S+. The molecule has 1 heterocycles. The first-order chi connectivity index (χ1) is 10.9. The summed E-state index contributed by atoms with van der Waals surface area (Å²) in [5.41, 5.74) is 3.65. The number of quaternary nitrogens is 1. The summed E-state index contributed by atoms with van der Waals surface area (Å²) in [5.74, 6) is 0. The molecule has 0 amide bonds. The second-order valence-electron chi connectivity index (χ2n) is 7.06. The van der Waals surface area contributed by atoms with E-state index >= 15 is 0 Å². The van der Waals surface area contributed by atoms with E-state index in [1.807, 2.05) is 0 Å². The highest BCUT2D eigenvalue weighted by atomic mass is 32.1. The van der Waals surface area contributed by atoms with Gasteiger partial charge in [0.1, 0.15) is 0 Å². The summed E-state index contributed by atoms with van der Waals surface area (Å²) in [4.78, 5) is 4.01. The maximum Gasteiger partial charge on any atom is 0.173 e. The van der Waals surface area contributed by atoms with Gasteiger partial charge in [-0.2, -0.15) is 0 Å². The quantitative estimate of drug-likeness (QED) is 0.826. The molecule has 2 rings (SSSR count). The van der Waals surface area contributed by atoms with Gasteiger partial charge >= 0.3 is 0 Å². The number of likely N-dealkylation sites (tertiary alicyclic amines) is 1. The number of hydrogen-bond donors (Lipinski definition) is 2. The molecular weight excluding hydrogens is 302 g/mol. The molecule has 2 atom stereocenters. The third kappa shape index (κ3) is 4.67. The number of aryl methyl sites for hydroxylation is 2. The van der Waals surface area contributed by atoms with Gasteiger partial charge in [-0.15, -0.1) is 0 Å². The molecule has 0 bridgehead atoms. The Balaban J connectivity index is 1.90. The van der Waals surface area contributed by atoms with E-state index in [0.29, 0.717) is 0 Å². The number of benzene rings is 1. The van der Waals surface area contributed by atoms with Crippen LogP contribution in [0.2, 0.25) is 0 Å². The molecule has 128 valence electrons. The first-order valence-corrected chi connectivity index (χ1v) is 9.29. The van der Waals surface area contributed by atoms with E-state index in [9.17, 15) is 0 Å². The average molecular weight is 335 g/mol. The summed E-state index contributed by atoms with van der Waals surface area (Å²) in [6.45, 7) is 11.0. The Morgan fingerprint density at radius 3 is 2.61 bits per heavy atom. The van der Waals surface area contributed by atoms with Crippen LogP contribution in [-0.4, -0.2) is 42.2 Å². The summed E-state index contributed by atoms with van der Waals surface area (Å²) < 4.78 is 0. The fourth-order valence-corrected chi connectivity index (χ4v) is 3.62. The molecule has 2 N–H and O–H groups in total. The van der Waals surface area contributed by atoms with E-state index in [1.54, 1.807) is 4.90 Å². The zero-order valence-electron chi connectivity index (χ0n) is 15.3. The Kier molecular flexibility index (Phi) is 6.42. The number of anilines is 1. The largest absolute Gasteiger partial charge is 0.349 e. The fraction of sp³-hybridized carbons (Fsp3) is 0.632. The van der Waals surface area contributed by atoms with Gasteiger partial charge in [0.2, 0.25) is 0 Å². The van der Waals surface area contributed by atoms with Gasteiger partial charge in [0.05, 0.1) is 19.1 Å². The normalized spacial score (nSPS) is 18.6. The predicted octanol–water partition coefficient (Wildman–Crippen LogP) is 2.78. The second-order valence-corrected chi connectivity index (χ2v) is 7.45. The van der Waals surface area contributed by atoms with Gasteiger partial charge in [-0.05, 0) is 56.6 Å². The SMILES string of the molecule is CCC(C)[NH+](C)C1CCN(C(=S)Nc2cc(C)ccc2C)CC1. The Morgan fingerprint density at radius 1 is 1.35 bits per heavy atom. The highest BCUT2D eigenvalue weighted by molar-refractivity contribution is 7.80. The van der Waals surface area contributed by atoms with Crippen molar-refractivity contribution >= 4 is 23.0 Å². The maximum absolute atomic E-state index is 5.65. The first-order valence-electron chi connectivity index (χ1n) is 8.88. The van der Waals surface area contributed by atoms with Gasteiger partial charge < -0.3 is 15.1 Å². The summed E-state index contributed by atoms with van der Waals surface area (Å²) in [6, 6.07) is 7.98. The van der Waals surface area contributed by atoms with E-state index in [2.05, 4.69) is 63.2 Å².